The van der Waals surface area contributed by atoms with Crippen molar-refractivity contribution >= 4 is 22.6 Å². The first-order valence-electron chi connectivity index (χ1n) is 9.13. The summed E-state index contributed by atoms with van der Waals surface area (Å²) in [6, 6.07) is 18.9. The van der Waals surface area contributed by atoms with Gasteiger partial charge in [0.2, 0.25) is 0 Å². The molecular formula is C23H23N3S. The highest BCUT2D eigenvalue weighted by Crippen LogP contribution is 2.28. The number of aromatic nitrogens is 1. The number of hydrogen-bond acceptors (Lipinski definition) is 4. The van der Waals surface area contributed by atoms with E-state index in [0.29, 0.717) is 11.5 Å². The van der Waals surface area contributed by atoms with E-state index in [9.17, 15) is 5.26 Å². The van der Waals surface area contributed by atoms with E-state index in [1.165, 1.54) is 22.5 Å². The molecular weight excluding hydrogens is 350 g/mol. The number of allylic oxidation sites excluding steroid dienone is 1. The molecule has 0 saturated heterocycles. The van der Waals surface area contributed by atoms with Gasteiger partial charge in [-0.1, -0.05) is 63.2 Å². The van der Waals surface area contributed by atoms with Crippen LogP contribution in [0.5, 0.6) is 0 Å². The normalized spacial score (nSPS) is 11.4. The second-order valence-electron chi connectivity index (χ2n) is 6.64. The fraction of sp³-hybridized carbons (Fsp3) is 0.217. The van der Waals surface area contributed by atoms with Gasteiger partial charge in [-0.2, -0.15) is 5.26 Å². The molecule has 2 aromatic carbocycles. The van der Waals surface area contributed by atoms with Crippen LogP contribution in [0.1, 0.15) is 42.8 Å². The van der Waals surface area contributed by atoms with E-state index in [1.54, 1.807) is 6.20 Å². The van der Waals surface area contributed by atoms with Gasteiger partial charge in [0.05, 0.1) is 5.69 Å². The number of para-hydroxylation sites is 1. The van der Waals surface area contributed by atoms with Crippen molar-refractivity contribution in [3.63, 3.8) is 0 Å². The molecule has 0 spiro atoms. The number of rotatable bonds is 6. The number of benzene rings is 2. The highest BCUT2D eigenvalue weighted by molar-refractivity contribution is 7.11. The maximum Gasteiger partial charge on any atom is 0.136 e. The largest absolute Gasteiger partial charge is 0.360 e. The lowest BCUT2D eigenvalue weighted by Gasteiger charge is -2.12. The number of nitriles is 1. The second-order valence-corrected chi connectivity index (χ2v) is 7.50. The summed E-state index contributed by atoms with van der Waals surface area (Å²) in [5.41, 5.74) is 6.07. The van der Waals surface area contributed by atoms with Gasteiger partial charge >= 0.3 is 0 Å². The standard InChI is InChI=1S/C23H23N3S/c1-4-17-9-11-18(12-10-17)22-15-27-23(26-22)19(13-24)14-25-21-8-6-5-7-20(21)16(2)3/h5-12,14-16,25H,4H2,1-3H3. The number of anilines is 1. The van der Waals surface area contributed by atoms with Gasteiger partial charge in [0, 0.05) is 22.8 Å². The minimum Gasteiger partial charge on any atom is -0.360 e. The molecule has 3 nitrogen and oxygen atoms in total. The third-order valence-corrected chi connectivity index (χ3v) is 5.34. The molecule has 1 N–H and O–H groups in total. The van der Waals surface area contributed by atoms with Crippen LogP contribution in [-0.4, -0.2) is 4.98 Å². The monoisotopic (exact) mass is 373 g/mol. The van der Waals surface area contributed by atoms with Gasteiger partial charge in [-0.25, -0.2) is 4.98 Å². The first kappa shape index (κ1) is 18.9. The Labute approximate surface area is 165 Å². The zero-order chi connectivity index (χ0) is 19.2. The van der Waals surface area contributed by atoms with Gasteiger partial charge < -0.3 is 5.32 Å². The molecule has 0 bridgehead atoms. The predicted octanol–water partition coefficient (Wildman–Crippen LogP) is 6.47. The van der Waals surface area contributed by atoms with Crippen LogP contribution in [0.15, 0.2) is 60.1 Å². The maximum atomic E-state index is 9.59. The lowest BCUT2D eigenvalue weighted by molar-refractivity contribution is 0.869. The molecule has 3 rings (SSSR count). The van der Waals surface area contributed by atoms with Crippen molar-refractivity contribution in [2.45, 2.75) is 33.1 Å². The van der Waals surface area contributed by atoms with Crippen LogP contribution in [0.2, 0.25) is 0 Å². The van der Waals surface area contributed by atoms with Gasteiger partial charge in [-0.3, -0.25) is 0 Å². The summed E-state index contributed by atoms with van der Waals surface area (Å²) in [7, 11) is 0. The number of nitrogens with zero attached hydrogens (tertiary/aromatic N) is 2. The molecule has 1 heterocycles. The van der Waals surface area contributed by atoms with Crippen molar-refractivity contribution in [1.29, 1.82) is 5.26 Å². The molecule has 1 aromatic heterocycles. The number of hydrogen-bond donors (Lipinski definition) is 1. The summed E-state index contributed by atoms with van der Waals surface area (Å²) in [5.74, 6) is 0.408. The molecule has 0 amide bonds. The van der Waals surface area contributed by atoms with E-state index in [-0.39, 0.29) is 0 Å². The molecule has 0 aliphatic heterocycles. The van der Waals surface area contributed by atoms with Gasteiger partial charge in [0.1, 0.15) is 16.6 Å². The Kier molecular flexibility index (Phi) is 6.05. The fourth-order valence-electron chi connectivity index (χ4n) is 2.86. The quantitative estimate of drug-likeness (QED) is 0.504. The predicted molar refractivity (Wildman–Crippen MR) is 115 cm³/mol. The summed E-state index contributed by atoms with van der Waals surface area (Å²) in [6.07, 6.45) is 2.78. The molecule has 0 fully saturated rings. The summed E-state index contributed by atoms with van der Waals surface area (Å²) in [5, 5.41) is 15.6. The van der Waals surface area contributed by atoms with E-state index in [1.807, 2.05) is 23.6 Å². The van der Waals surface area contributed by atoms with Crippen LogP contribution >= 0.6 is 11.3 Å². The van der Waals surface area contributed by atoms with Crippen LogP contribution < -0.4 is 5.32 Å². The van der Waals surface area contributed by atoms with E-state index < -0.39 is 0 Å². The van der Waals surface area contributed by atoms with Gasteiger partial charge in [-0.15, -0.1) is 11.3 Å². The molecule has 0 radical (unpaired) electrons. The molecule has 0 unspecified atom stereocenters. The first-order chi connectivity index (χ1) is 13.1. The van der Waals surface area contributed by atoms with Crippen LogP contribution in [0.3, 0.4) is 0 Å². The van der Waals surface area contributed by atoms with E-state index in [4.69, 9.17) is 0 Å². The number of aryl methyl sites for hydroxylation is 1. The van der Waals surface area contributed by atoms with Crippen LogP contribution in [0.4, 0.5) is 5.69 Å². The zero-order valence-corrected chi connectivity index (χ0v) is 16.7. The smallest absolute Gasteiger partial charge is 0.136 e. The third kappa shape index (κ3) is 4.45. The topological polar surface area (TPSA) is 48.7 Å². The lowest BCUT2D eigenvalue weighted by Crippen LogP contribution is -1.97. The van der Waals surface area contributed by atoms with E-state index in [2.05, 4.69) is 67.5 Å². The average Bonchev–Trinajstić information content (AvgIpc) is 3.19. The minimum absolute atomic E-state index is 0.408. The summed E-state index contributed by atoms with van der Waals surface area (Å²) < 4.78 is 0. The number of thiazole rings is 1. The molecule has 0 atom stereocenters. The summed E-state index contributed by atoms with van der Waals surface area (Å²) in [4.78, 5) is 4.66. The Morgan fingerprint density at radius 3 is 2.59 bits per heavy atom. The lowest BCUT2D eigenvalue weighted by atomic mass is 10.0. The maximum absolute atomic E-state index is 9.59. The molecule has 3 aromatic rings. The summed E-state index contributed by atoms with van der Waals surface area (Å²) in [6.45, 7) is 6.46. The Bertz CT molecular complexity index is 975. The van der Waals surface area contributed by atoms with Gasteiger partial charge in [0.15, 0.2) is 0 Å². The first-order valence-corrected chi connectivity index (χ1v) is 10.0. The Morgan fingerprint density at radius 1 is 1.19 bits per heavy atom. The van der Waals surface area contributed by atoms with Crippen LogP contribution in [0.25, 0.3) is 16.8 Å². The van der Waals surface area contributed by atoms with Gasteiger partial charge in [0.25, 0.3) is 0 Å². The number of nitrogens with one attached hydrogen (secondary N) is 1. The van der Waals surface area contributed by atoms with Crippen molar-refractivity contribution < 1.29 is 0 Å². The average molecular weight is 374 g/mol. The highest BCUT2D eigenvalue weighted by atomic mass is 32.1. The Morgan fingerprint density at radius 2 is 1.93 bits per heavy atom. The third-order valence-electron chi connectivity index (χ3n) is 4.47. The molecule has 136 valence electrons. The second kappa shape index (κ2) is 8.66. The Balaban J connectivity index is 1.83. The van der Waals surface area contributed by atoms with Crippen LogP contribution in [-0.2, 0) is 6.42 Å². The van der Waals surface area contributed by atoms with E-state index >= 15 is 0 Å². The van der Waals surface area contributed by atoms with Crippen LogP contribution in [0, 0.1) is 11.3 Å². The van der Waals surface area contributed by atoms with Gasteiger partial charge in [-0.05, 0) is 29.5 Å². The zero-order valence-electron chi connectivity index (χ0n) is 15.9. The van der Waals surface area contributed by atoms with Crippen molar-refractivity contribution in [3.05, 3.63) is 76.2 Å². The minimum atomic E-state index is 0.408. The van der Waals surface area contributed by atoms with Crippen molar-refractivity contribution in [3.8, 4) is 17.3 Å². The Hall–Kier alpha value is -2.90. The molecule has 0 saturated carbocycles. The fourth-order valence-corrected chi connectivity index (χ4v) is 3.66. The SMILES string of the molecule is CCc1ccc(-c2csc(C(C#N)=CNc3ccccc3C(C)C)n2)cc1. The van der Waals surface area contributed by atoms with E-state index in [0.717, 1.165) is 28.4 Å². The highest BCUT2D eigenvalue weighted by Gasteiger charge is 2.10. The molecule has 4 heteroatoms. The van der Waals surface area contributed by atoms with Crippen molar-refractivity contribution in [2.75, 3.05) is 5.32 Å². The summed E-state index contributed by atoms with van der Waals surface area (Å²) >= 11 is 1.49. The molecule has 0 aliphatic rings. The van der Waals surface area contributed by atoms with Crippen molar-refractivity contribution in [2.24, 2.45) is 0 Å². The van der Waals surface area contributed by atoms with Crippen molar-refractivity contribution in [1.82, 2.24) is 4.98 Å². The molecule has 0 aliphatic carbocycles. The molecule has 27 heavy (non-hydrogen) atoms.